The molecule has 0 saturated carbocycles. The van der Waals surface area contributed by atoms with Crippen molar-refractivity contribution in [1.29, 1.82) is 0 Å². The van der Waals surface area contributed by atoms with E-state index < -0.39 is 0 Å². The van der Waals surface area contributed by atoms with Gasteiger partial charge in [-0.3, -0.25) is 0 Å². The Hall–Kier alpha value is -0.250. The van der Waals surface area contributed by atoms with Crippen LogP contribution < -0.4 is 0 Å². The first-order valence-electron chi connectivity index (χ1n) is 6.98. The summed E-state index contributed by atoms with van der Waals surface area (Å²) in [6.07, 6.45) is 0. The van der Waals surface area contributed by atoms with E-state index in [1.807, 2.05) is 11.8 Å². The minimum atomic E-state index is 1.06. The lowest BCUT2D eigenvalue weighted by Gasteiger charge is -2.12. The normalized spacial score (nSPS) is 11.0. The van der Waals surface area contributed by atoms with Gasteiger partial charge >= 0.3 is 0 Å². The third kappa shape index (κ3) is 3.94. The lowest BCUT2D eigenvalue weighted by Crippen LogP contribution is -1.94. The molecule has 2 rings (SSSR count). The molecule has 0 nitrogen and oxygen atoms in total. The molecule has 0 aliphatic carbocycles. The van der Waals surface area contributed by atoms with Gasteiger partial charge < -0.3 is 0 Å². The van der Waals surface area contributed by atoms with Gasteiger partial charge in [0, 0.05) is 20.5 Å². The van der Waals surface area contributed by atoms with Crippen molar-refractivity contribution >= 4 is 43.6 Å². The zero-order valence-corrected chi connectivity index (χ0v) is 16.9. The predicted molar refractivity (Wildman–Crippen MR) is 102 cm³/mol. The molecule has 112 valence electrons. The van der Waals surface area contributed by atoms with E-state index in [1.54, 1.807) is 0 Å². The monoisotopic (exact) mass is 426 g/mol. The highest BCUT2D eigenvalue weighted by Crippen LogP contribution is 2.29. The molecule has 0 fully saturated rings. The van der Waals surface area contributed by atoms with E-state index in [0.717, 1.165) is 11.5 Å². The zero-order valence-electron chi connectivity index (χ0n) is 12.9. The number of rotatable bonds is 4. The molecule has 0 saturated heterocycles. The quantitative estimate of drug-likeness (QED) is 0.512. The maximum absolute atomic E-state index is 3.60. The molecule has 0 amide bonds. The Labute approximate surface area is 149 Å². The average molecular weight is 428 g/mol. The van der Waals surface area contributed by atoms with Gasteiger partial charge in [-0.15, -0.1) is 0 Å². The van der Waals surface area contributed by atoms with Gasteiger partial charge in [0.05, 0.1) is 0 Å². The number of halogens is 2. The second kappa shape index (κ2) is 7.34. The lowest BCUT2D eigenvalue weighted by molar-refractivity contribution is 1.21. The molecule has 0 spiro atoms. The highest BCUT2D eigenvalue weighted by molar-refractivity contribution is 9.10. The molecule has 0 radical (unpaired) electrons. The molecule has 0 heterocycles. The van der Waals surface area contributed by atoms with Crippen LogP contribution in [0.2, 0.25) is 0 Å². The summed E-state index contributed by atoms with van der Waals surface area (Å²) in [4.78, 5) is 0. The topological polar surface area (TPSA) is 0 Å². The van der Waals surface area contributed by atoms with Crippen molar-refractivity contribution in [2.45, 2.75) is 39.2 Å². The molecule has 0 aliphatic rings. The van der Waals surface area contributed by atoms with E-state index in [4.69, 9.17) is 0 Å². The summed E-state index contributed by atoms with van der Waals surface area (Å²) in [5, 5.41) is 0. The van der Waals surface area contributed by atoms with E-state index in [0.29, 0.717) is 0 Å². The second-order valence-corrected chi connectivity index (χ2v) is 8.10. The second-order valence-electron chi connectivity index (χ2n) is 5.41. The third-order valence-corrected chi connectivity index (χ3v) is 6.93. The third-order valence-electron chi connectivity index (χ3n) is 4.18. The van der Waals surface area contributed by atoms with Gasteiger partial charge in [-0.05, 0) is 73.2 Å². The predicted octanol–water partition coefficient (Wildman–Crippen LogP) is 6.88. The first kappa shape index (κ1) is 17.1. The smallest absolute Gasteiger partial charge is 0.0207 e. The van der Waals surface area contributed by atoms with E-state index in [-0.39, 0.29) is 0 Å². The van der Waals surface area contributed by atoms with Crippen LogP contribution in [0.3, 0.4) is 0 Å². The van der Waals surface area contributed by atoms with Crippen molar-refractivity contribution in [2.75, 3.05) is 0 Å². The van der Waals surface area contributed by atoms with Crippen LogP contribution in [0.5, 0.6) is 0 Å². The molecule has 21 heavy (non-hydrogen) atoms. The Morgan fingerprint density at radius 3 is 1.43 bits per heavy atom. The lowest BCUT2D eigenvalue weighted by atomic mass is 10.0. The van der Waals surface area contributed by atoms with Gasteiger partial charge in [0.2, 0.25) is 0 Å². The standard InChI is InChI=1S/C18H20Br2S/c1-11-13(3)17(19)7-5-15(11)9-21-10-16-6-8-18(20)14(4)12(16)2/h5-8H,9-10H2,1-4H3. The summed E-state index contributed by atoms with van der Waals surface area (Å²) in [7, 11) is 0. The average Bonchev–Trinajstić information content (AvgIpc) is 2.47. The molecular formula is C18H20Br2S. The van der Waals surface area contributed by atoms with Gasteiger partial charge in [0.15, 0.2) is 0 Å². The fourth-order valence-corrected chi connectivity index (χ4v) is 4.30. The Balaban J connectivity index is 2.06. The van der Waals surface area contributed by atoms with Crippen molar-refractivity contribution in [3.63, 3.8) is 0 Å². The Bertz CT molecular complexity index is 605. The number of thioether (sulfide) groups is 1. The SMILES string of the molecule is Cc1c(Br)ccc(CSCc2ccc(Br)c(C)c2C)c1C. The molecule has 3 heteroatoms. The van der Waals surface area contributed by atoms with Gasteiger partial charge in [-0.25, -0.2) is 0 Å². The van der Waals surface area contributed by atoms with Crippen LogP contribution in [-0.4, -0.2) is 0 Å². The Kier molecular flexibility index (Phi) is 5.98. The van der Waals surface area contributed by atoms with Crippen molar-refractivity contribution in [2.24, 2.45) is 0 Å². The highest BCUT2D eigenvalue weighted by Gasteiger charge is 2.07. The molecule has 0 unspecified atom stereocenters. The zero-order chi connectivity index (χ0) is 15.6. The van der Waals surface area contributed by atoms with Gasteiger partial charge in [0.25, 0.3) is 0 Å². The van der Waals surface area contributed by atoms with Crippen LogP contribution in [0.25, 0.3) is 0 Å². The first-order chi connectivity index (χ1) is 9.91. The highest BCUT2D eigenvalue weighted by atomic mass is 79.9. The molecular weight excluding hydrogens is 408 g/mol. The van der Waals surface area contributed by atoms with Gasteiger partial charge in [0.1, 0.15) is 0 Å². The van der Waals surface area contributed by atoms with Crippen LogP contribution >= 0.6 is 43.6 Å². The van der Waals surface area contributed by atoms with Gasteiger partial charge in [-0.2, -0.15) is 11.8 Å². The first-order valence-corrected chi connectivity index (χ1v) is 9.72. The maximum atomic E-state index is 3.60. The summed E-state index contributed by atoms with van der Waals surface area (Å²) in [5.74, 6) is 2.13. The van der Waals surface area contributed by atoms with Crippen LogP contribution in [0.15, 0.2) is 33.2 Å². The van der Waals surface area contributed by atoms with E-state index in [1.165, 1.54) is 42.3 Å². The summed E-state index contributed by atoms with van der Waals surface area (Å²) >= 11 is 9.18. The van der Waals surface area contributed by atoms with E-state index in [9.17, 15) is 0 Å². The summed E-state index contributed by atoms with van der Waals surface area (Å²) < 4.78 is 2.40. The molecule has 0 bridgehead atoms. The molecule has 0 N–H and O–H groups in total. The number of hydrogen-bond donors (Lipinski definition) is 0. The summed E-state index contributed by atoms with van der Waals surface area (Å²) in [5.41, 5.74) is 8.38. The fourth-order valence-electron chi connectivity index (χ4n) is 2.27. The van der Waals surface area contributed by atoms with Crippen LogP contribution in [-0.2, 0) is 11.5 Å². The van der Waals surface area contributed by atoms with Crippen molar-refractivity contribution < 1.29 is 0 Å². The van der Waals surface area contributed by atoms with Crippen LogP contribution in [0.4, 0.5) is 0 Å². The molecule has 0 aliphatic heterocycles. The summed E-state index contributed by atoms with van der Waals surface area (Å²) in [6.45, 7) is 8.78. The Morgan fingerprint density at radius 2 is 1.05 bits per heavy atom. The fraction of sp³-hybridized carbons (Fsp3) is 0.333. The molecule has 2 aromatic carbocycles. The van der Waals surface area contributed by atoms with Crippen molar-refractivity contribution in [3.8, 4) is 0 Å². The number of benzene rings is 2. The maximum Gasteiger partial charge on any atom is 0.0207 e. The molecule has 2 aromatic rings. The van der Waals surface area contributed by atoms with E-state index in [2.05, 4.69) is 83.8 Å². The Morgan fingerprint density at radius 1 is 0.667 bits per heavy atom. The van der Waals surface area contributed by atoms with Crippen molar-refractivity contribution in [3.05, 3.63) is 66.6 Å². The molecule has 0 atom stereocenters. The van der Waals surface area contributed by atoms with Crippen LogP contribution in [0.1, 0.15) is 33.4 Å². The van der Waals surface area contributed by atoms with Crippen LogP contribution in [0, 0.1) is 27.7 Å². The van der Waals surface area contributed by atoms with E-state index >= 15 is 0 Å². The number of hydrogen-bond acceptors (Lipinski definition) is 1. The summed E-state index contributed by atoms with van der Waals surface area (Å²) in [6, 6.07) is 8.79. The molecule has 0 aromatic heterocycles. The minimum absolute atomic E-state index is 1.06. The largest absolute Gasteiger partial charge is 0.152 e. The van der Waals surface area contributed by atoms with Crippen molar-refractivity contribution in [1.82, 2.24) is 0 Å². The minimum Gasteiger partial charge on any atom is -0.152 e. The van der Waals surface area contributed by atoms with Gasteiger partial charge in [-0.1, -0.05) is 44.0 Å².